The zero-order valence-corrected chi connectivity index (χ0v) is 10.9. The molecule has 1 heterocycles. The van der Waals surface area contributed by atoms with Crippen LogP contribution in [0.2, 0.25) is 0 Å². The van der Waals surface area contributed by atoms with Gasteiger partial charge in [-0.15, -0.1) is 0 Å². The molecule has 1 N–H and O–H groups in total. The number of rotatable bonds is 3. The van der Waals surface area contributed by atoms with E-state index >= 15 is 0 Å². The highest BCUT2D eigenvalue weighted by Crippen LogP contribution is 2.32. The molecule has 0 aliphatic carbocycles. The summed E-state index contributed by atoms with van der Waals surface area (Å²) in [4.78, 5) is 0. The maximum Gasteiger partial charge on any atom is 0.251 e. The van der Waals surface area contributed by atoms with Crippen LogP contribution in [-0.2, 0) is 4.74 Å². The highest BCUT2D eigenvalue weighted by atomic mass is 16.5. The van der Waals surface area contributed by atoms with Gasteiger partial charge in [0.1, 0.15) is 17.4 Å². The molecule has 0 aliphatic rings. The Balaban J connectivity index is 2.58. The molecule has 0 bridgehead atoms. The Morgan fingerprint density at radius 1 is 1.37 bits per heavy atom. The second-order valence-electron chi connectivity index (χ2n) is 3.98. The number of hydrogen-bond acceptors (Lipinski definition) is 4. The van der Waals surface area contributed by atoms with E-state index in [4.69, 9.17) is 14.6 Å². The fourth-order valence-corrected chi connectivity index (χ4v) is 1.97. The summed E-state index contributed by atoms with van der Waals surface area (Å²) < 4.78 is 10.6. The average Bonchev–Trinajstić information content (AvgIpc) is 2.77. The predicted molar refractivity (Wildman–Crippen MR) is 72.1 cm³/mol. The molecule has 0 radical (unpaired) electrons. The molecule has 1 aromatic carbocycles. The monoisotopic (exact) mass is 254 g/mol. The number of ether oxygens (including phenoxy) is 1. The number of nitrogens with one attached hydrogen (secondary N) is 1. The van der Waals surface area contributed by atoms with E-state index in [-0.39, 0.29) is 11.7 Å². The Labute approximate surface area is 111 Å². The van der Waals surface area contributed by atoms with Gasteiger partial charge in [-0.1, -0.05) is 30.3 Å². The first-order valence-electron chi connectivity index (χ1n) is 5.99. The van der Waals surface area contributed by atoms with E-state index in [0.717, 1.165) is 11.1 Å². The summed E-state index contributed by atoms with van der Waals surface area (Å²) in [6.07, 6.45) is 0. The van der Waals surface area contributed by atoms with Crippen LogP contribution in [-0.4, -0.2) is 12.5 Å². The van der Waals surface area contributed by atoms with Gasteiger partial charge in [0.25, 0.3) is 5.90 Å². The van der Waals surface area contributed by atoms with Crippen molar-refractivity contribution in [3.8, 4) is 17.2 Å². The Morgan fingerprint density at radius 3 is 2.63 bits per heavy atom. The van der Waals surface area contributed by atoms with Gasteiger partial charge in [-0.3, -0.25) is 5.41 Å². The third kappa shape index (κ3) is 2.36. The lowest BCUT2D eigenvalue weighted by atomic mass is 10.0. The average molecular weight is 254 g/mol. The second kappa shape index (κ2) is 5.40. The number of hydrogen-bond donors (Lipinski definition) is 1. The third-order valence-electron chi connectivity index (χ3n) is 2.75. The summed E-state index contributed by atoms with van der Waals surface area (Å²) in [6.45, 7) is 3.94. The van der Waals surface area contributed by atoms with Gasteiger partial charge < -0.3 is 9.15 Å². The molecule has 0 unspecified atom stereocenters. The highest BCUT2D eigenvalue weighted by molar-refractivity contribution is 5.94. The van der Waals surface area contributed by atoms with Crippen molar-refractivity contribution < 1.29 is 9.15 Å². The molecule has 0 amide bonds. The van der Waals surface area contributed by atoms with Crippen LogP contribution in [0.3, 0.4) is 0 Å². The minimum absolute atomic E-state index is 0.107. The van der Waals surface area contributed by atoms with Crippen molar-refractivity contribution in [3.05, 3.63) is 47.4 Å². The van der Waals surface area contributed by atoms with Crippen molar-refractivity contribution in [1.29, 1.82) is 10.7 Å². The van der Waals surface area contributed by atoms with Crippen molar-refractivity contribution in [3.63, 3.8) is 0 Å². The molecule has 0 spiro atoms. The quantitative estimate of drug-likeness (QED) is 0.673. The molecule has 0 aliphatic heterocycles. The normalized spacial score (nSPS) is 9.95. The number of furan rings is 1. The van der Waals surface area contributed by atoms with Gasteiger partial charge in [0.15, 0.2) is 0 Å². The van der Waals surface area contributed by atoms with Gasteiger partial charge >= 0.3 is 0 Å². The van der Waals surface area contributed by atoms with E-state index in [9.17, 15) is 5.26 Å². The van der Waals surface area contributed by atoms with Crippen LogP contribution >= 0.6 is 0 Å². The molecule has 2 rings (SSSR count). The van der Waals surface area contributed by atoms with E-state index in [1.807, 2.05) is 30.3 Å². The molecular formula is C15H14N2O2. The Bertz CT molecular complexity index is 636. The maximum absolute atomic E-state index is 9.33. The van der Waals surface area contributed by atoms with Gasteiger partial charge in [-0.25, -0.2) is 0 Å². The van der Waals surface area contributed by atoms with Crippen LogP contribution in [0.15, 0.2) is 34.7 Å². The smallest absolute Gasteiger partial charge is 0.251 e. The largest absolute Gasteiger partial charge is 0.476 e. The zero-order chi connectivity index (χ0) is 13.8. The Kier molecular flexibility index (Phi) is 3.67. The molecule has 2 aromatic rings. The summed E-state index contributed by atoms with van der Waals surface area (Å²) in [7, 11) is 0. The number of nitriles is 1. The topological polar surface area (TPSA) is 70.0 Å². The minimum Gasteiger partial charge on any atom is -0.476 e. The van der Waals surface area contributed by atoms with Crippen LogP contribution < -0.4 is 0 Å². The highest BCUT2D eigenvalue weighted by Gasteiger charge is 2.22. The van der Waals surface area contributed by atoms with Crippen molar-refractivity contribution in [2.75, 3.05) is 6.61 Å². The summed E-state index contributed by atoms with van der Waals surface area (Å²) in [6, 6.07) is 11.6. The number of aryl methyl sites for hydroxylation is 1. The summed E-state index contributed by atoms with van der Waals surface area (Å²) in [5.74, 6) is 0.701. The predicted octanol–water partition coefficient (Wildman–Crippen LogP) is 3.49. The van der Waals surface area contributed by atoms with Crippen molar-refractivity contribution in [2.45, 2.75) is 13.8 Å². The van der Waals surface area contributed by atoms with Crippen molar-refractivity contribution >= 4 is 5.90 Å². The molecule has 0 fully saturated rings. The van der Waals surface area contributed by atoms with Gasteiger partial charge in [0.2, 0.25) is 5.76 Å². The lowest BCUT2D eigenvalue weighted by molar-refractivity contribution is 0.314. The van der Waals surface area contributed by atoms with Crippen LogP contribution in [0.1, 0.15) is 24.0 Å². The van der Waals surface area contributed by atoms with Crippen molar-refractivity contribution in [2.24, 2.45) is 0 Å². The van der Waals surface area contributed by atoms with Gasteiger partial charge in [0, 0.05) is 5.56 Å². The van der Waals surface area contributed by atoms with E-state index in [1.165, 1.54) is 0 Å². The molecule has 1 aromatic heterocycles. The third-order valence-corrected chi connectivity index (χ3v) is 2.75. The standard InChI is InChI=1S/C15H14N2O2/c1-3-18-15(17)14-12(9-16)13(10(2)19-14)11-7-5-4-6-8-11/h4-8,17H,3H2,1-2H3. The molecule has 0 atom stereocenters. The Morgan fingerprint density at radius 2 is 2.05 bits per heavy atom. The first-order valence-corrected chi connectivity index (χ1v) is 5.99. The number of benzene rings is 1. The lowest BCUT2D eigenvalue weighted by Crippen LogP contribution is -2.05. The fraction of sp³-hybridized carbons (Fsp3) is 0.200. The maximum atomic E-state index is 9.33. The van der Waals surface area contributed by atoms with Crippen LogP contribution in [0.4, 0.5) is 0 Å². The first-order chi connectivity index (χ1) is 9.19. The lowest BCUT2D eigenvalue weighted by Gasteiger charge is -2.01. The van der Waals surface area contributed by atoms with Crippen LogP contribution in [0, 0.1) is 23.7 Å². The van der Waals surface area contributed by atoms with E-state index in [1.54, 1.807) is 13.8 Å². The molecule has 0 saturated heterocycles. The van der Waals surface area contributed by atoms with Crippen molar-refractivity contribution in [1.82, 2.24) is 0 Å². The van der Waals surface area contributed by atoms with Gasteiger partial charge in [-0.2, -0.15) is 5.26 Å². The summed E-state index contributed by atoms with van der Waals surface area (Å²) in [5.41, 5.74) is 1.97. The summed E-state index contributed by atoms with van der Waals surface area (Å²) >= 11 is 0. The SMILES string of the molecule is CCOC(=N)c1oc(C)c(-c2ccccc2)c1C#N. The number of nitrogens with zero attached hydrogens (tertiary/aromatic N) is 1. The zero-order valence-electron chi connectivity index (χ0n) is 10.9. The van der Waals surface area contributed by atoms with E-state index in [2.05, 4.69) is 6.07 Å². The van der Waals surface area contributed by atoms with Crippen LogP contribution in [0.25, 0.3) is 11.1 Å². The van der Waals surface area contributed by atoms with Gasteiger partial charge in [0.05, 0.1) is 6.61 Å². The molecule has 19 heavy (non-hydrogen) atoms. The molecule has 4 nitrogen and oxygen atoms in total. The molecular weight excluding hydrogens is 240 g/mol. The Hall–Kier alpha value is -2.54. The molecule has 96 valence electrons. The van der Waals surface area contributed by atoms with Gasteiger partial charge in [-0.05, 0) is 19.4 Å². The molecule has 0 saturated carbocycles. The van der Waals surface area contributed by atoms with E-state index < -0.39 is 0 Å². The van der Waals surface area contributed by atoms with Crippen LogP contribution in [0.5, 0.6) is 0 Å². The molecule has 4 heteroatoms. The van der Waals surface area contributed by atoms with E-state index in [0.29, 0.717) is 17.9 Å². The second-order valence-corrected chi connectivity index (χ2v) is 3.98. The summed E-state index contributed by atoms with van der Waals surface area (Å²) in [5, 5.41) is 17.1. The fourth-order valence-electron chi connectivity index (χ4n) is 1.97. The first kappa shape index (κ1) is 12.9. The minimum atomic E-state index is -0.107.